The van der Waals surface area contributed by atoms with Crippen LogP contribution in [0.4, 0.5) is 0 Å². The van der Waals surface area contributed by atoms with Crippen molar-refractivity contribution in [2.75, 3.05) is 19.0 Å². The molecule has 0 spiro atoms. The van der Waals surface area contributed by atoms with Crippen LogP contribution >= 0.6 is 0 Å². The van der Waals surface area contributed by atoms with Crippen LogP contribution < -0.4 is 0 Å². The van der Waals surface area contributed by atoms with Gasteiger partial charge in [0.05, 0.1) is 6.61 Å². The van der Waals surface area contributed by atoms with Gasteiger partial charge in [0.2, 0.25) is 0 Å². The van der Waals surface area contributed by atoms with Crippen molar-refractivity contribution in [1.82, 2.24) is 0 Å². The highest BCUT2D eigenvalue weighted by Crippen LogP contribution is 2.24. The molecule has 6 atom stereocenters. The first-order valence-electron chi connectivity index (χ1n) is 22.9. The van der Waals surface area contributed by atoms with Gasteiger partial charge in [0.25, 0.3) is 10.1 Å². The fourth-order valence-corrected chi connectivity index (χ4v) is 7.58. The van der Waals surface area contributed by atoms with Crippen molar-refractivity contribution in [1.29, 1.82) is 0 Å². The Morgan fingerprint density at radius 3 is 1.52 bits per heavy atom. The minimum absolute atomic E-state index is 0.159. The molecule has 1 saturated heterocycles. The number of ether oxygens (including phenoxy) is 4. The topological polar surface area (TPSA) is 186 Å². The summed E-state index contributed by atoms with van der Waals surface area (Å²) in [6, 6.07) is 0. The highest BCUT2D eigenvalue weighted by atomic mass is 32.2. The van der Waals surface area contributed by atoms with Gasteiger partial charge in [0.1, 0.15) is 36.8 Å². The molecule has 0 aliphatic carbocycles. The van der Waals surface area contributed by atoms with Gasteiger partial charge in [-0.25, -0.2) is 0 Å². The second kappa shape index (κ2) is 35.8. The number of hydrogen-bond donors (Lipinski definition) is 4. The van der Waals surface area contributed by atoms with Crippen LogP contribution in [0.25, 0.3) is 0 Å². The third kappa shape index (κ3) is 30.2. The molecule has 1 aliphatic heterocycles. The summed E-state index contributed by atoms with van der Waals surface area (Å²) in [5.74, 6) is -2.01. The summed E-state index contributed by atoms with van der Waals surface area (Å²) in [5, 5.41) is 30.9. The molecule has 13 heteroatoms. The van der Waals surface area contributed by atoms with Crippen molar-refractivity contribution in [3.8, 4) is 0 Å². The lowest BCUT2D eigenvalue weighted by molar-refractivity contribution is -0.297. The van der Waals surface area contributed by atoms with Crippen LogP contribution in [0.1, 0.15) is 194 Å². The zero-order valence-electron chi connectivity index (χ0n) is 36.2. The molecule has 12 nitrogen and oxygen atoms in total. The monoisotopic (exact) mass is 847 g/mol. The third-order valence-corrected chi connectivity index (χ3v) is 11.3. The first-order chi connectivity index (χ1) is 28.0. The van der Waals surface area contributed by atoms with E-state index >= 15 is 0 Å². The molecule has 1 heterocycles. The minimum atomic E-state index is -4.60. The van der Waals surface area contributed by atoms with E-state index in [0.717, 1.165) is 44.9 Å². The van der Waals surface area contributed by atoms with E-state index in [0.29, 0.717) is 12.8 Å². The summed E-state index contributed by atoms with van der Waals surface area (Å²) < 4.78 is 54.0. The van der Waals surface area contributed by atoms with Crippen LogP contribution in [-0.4, -0.2) is 96.0 Å². The van der Waals surface area contributed by atoms with Gasteiger partial charge in [-0.3, -0.25) is 14.1 Å². The SMILES string of the molecule is CCCC/C=C/CCCCCCCCCCCC(=O)O[C@H](COC(=O)CCCC/C=C/CCCCCCCCCCC)CO[C@H]1O[C@H](CS(=O)(=O)O)[C@@H](O)C(O)C1O. The molecule has 340 valence electrons. The molecular formula is C45H82O12S. The number of aliphatic hydroxyl groups is 3. The zero-order valence-corrected chi connectivity index (χ0v) is 37.0. The Morgan fingerprint density at radius 2 is 1.00 bits per heavy atom. The Labute approximate surface area is 351 Å². The Bertz CT molecular complexity index is 1180. The third-order valence-electron chi connectivity index (χ3n) is 10.5. The van der Waals surface area contributed by atoms with E-state index in [1.54, 1.807) is 0 Å². The summed E-state index contributed by atoms with van der Waals surface area (Å²) in [6.07, 6.45) is 29.4. The molecule has 2 unspecified atom stereocenters. The fourth-order valence-electron chi connectivity index (χ4n) is 6.89. The summed E-state index contributed by atoms with van der Waals surface area (Å²) in [5.41, 5.74) is 0. The van der Waals surface area contributed by atoms with E-state index in [-0.39, 0.29) is 19.4 Å². The first kappa shape index (κ1) is 54.1. The molecule has 58 heavy (non-hydrogen) atoms. The lowest BCUT2D eigenvalue weighted by Crippen LogP contribution is -2.60. The van der Waals surface area contributed by atoms with Gasteiger partial charge in [0.15, 0.2) is 12.4 Å². The van der Waals surface area contributed by atoms with E-state index < -0.39 is 71.2 Å². The van der Waals surface area contributed by atoms with Crippen LogP contribution in [0, 0.1) is 0 Å². The normalized spacial score (nSPS) is 20.6. The summed E-state index contributed by atoms with van der Waals surface area (Å²) in [6.45, 7) is 3.72. The molecule has 1 aliphatic rings. The highest BCUT2D eigenvalue weighted by Gasteiger charge is 2.46. The van der Waals surface area contributed by atoms with E-state index in [1.165, 1.54) is 109 Å². The van der Waals surface area contributed by atoms with Crippen LogP contribution in [0.15, 0.2) is 24.3 Å². The quantitative estimate of drug-likeness (QED) is 0.0200. The molecule has 1 rings (SSSR count). The van der Waals surface area contributed by atoms with Crippen molar-refractivity contribution in [3.63, 3.8) is 0 Å². The second-order valence-corrected chi connectivity index (χ2v) is 17.6. The molecule has 1 fully saturated rings. The predicted octanol–water partition coefficient (Wildman–Crippen LogP) is 9.23. The van der Waals surface area contributed by atoms with Gasteiger partial charge in [-0.05, 0) is 57.8 Å². The molecule has 0 amide bonds. The summed E-state index contributed by atoms with van der Waals surface area (Å²) in [4.78, 5) is 25.4. The number of unbranched alkanes of at least 4 members (excludes halogenated alkanes) is 22. The minimum Gasteiger partial charge on any atom is -0.462 e. The maximum Gasteiger partial charge on any atom is 0.306 e. The average molecular weight is 847 g/mol. The van der Waals surface area contributed by atoms with Crippen molar-refractivity contribution in [2.45, 2.75) is 230 Å². The van der Waals surface area contributed by atoms with Gasteiger partial charge in [-0.2, -0.15) is 8.42 Å². The van der Waals surface area contributed by atoms with E-state index in [9.17, 15) is 37.9 Å². The average Bonchev–Trinajstić information content (AvgIpc) is 3.18. The standard InChI is InChI=1S/C45H82O12S/c1-3-5-7-9-11-13-15-17-19-21-23-25-27-29-31-33-40(46)54-35-38(36-55-45-44(50)43(49)42(48)39(57-45)37-58(51,52)53)56-41(47)34-32-30-28-26-24-22-20-18-16-14-12-10-8-6-4-2/h10,12,23,25,38-39,42-45,48-50H,3-9,11,13-22,24,26-37H2,1-2H3,(H,51,52,53)/b12-10+,25-23+/t38-,39-,42-,43?,44?,45+/m1/s1. The van der Waals surface area contributed by atoms with Gasteiger partial charge in [0, 0.05) is 12.8 Å². The van der Waals surface area contributed by atoms with Gasteiger partial charge in [-0.1, -0.05) is 147 Å². The Kier molecular flexibility index (Phi) is 33.5. The number of hydrogen-bond acceptors (Lipinski definition) is 11. The number of carbonyl (C=O) groups excluding carboxylic acids is 2. The lowest BCUT2D eigenvalue weighted by atomic mass is 10.00. The van der Waals surface area contributed by atoms with Crippen LogP contribution in [-0.2, 0) is 38.7 Å². The molecular weight excluding hydrogens is 765 g/mol. The molecule has 4 N–H and O–H groups in total. The predicted molar refractivity (Wildman–Crippen MR) is 229 cm³/mol. The molecule has 0 aromatic heterocycles. The Balaban J connectivity index is 2.45. The Morgan fingerprint density at radius 1 is 0.569 bits per heavy atom. The van der Waals surface area contributed by atoms with Crippen LogP contribution in [0.2, 0.25) is 0 Å². The fraction of sp³-hybridized carbons (Fsp3) is 0.867. The molecule has 0 radical (unpaired) electrons. The van der Waals surface area contributed by atoms with E-state index in [2.05, 4.69) is 38.2 Å². The van der Waals surface area contributed by atoms with Gasteiger partial charge >= 0.3 is 11.9 Å². The first-order valence-corrected chi connectivity index (χ1v) is 24.5. The van der Waals surface area contributed by atoms with E-state index in [4.69, 9.17) is 18.9 Å². The number of aliphatic hydroxyl groups excluding tert-OH is 3. The molecule has 0 bridgehead atoms. The van der Waals surface area contributed by atoms with E-state index in [1.807, 2.05) is 0 Å². The zero-order chi connectivity index (χ0) is 42.7. The maximum atomic E-state index is 12.8. The van der Waals surface area contributed by atoms with Crippen molar-refractivity contribution >= 4 is 22.1 Å². The van der Waals surface area contributed by atoms with Gasteiger partial charge in [-0.15, -0.1) is 0 Å². The largest absolute Gasteiger partial charge is 0.462 e. The number of rotatable bonds is 38. The Hall–Kier alpha value is -1.87. The lowest BCUT2D eigenvalue weighted by Gasteiger charge is -2.40. The van der Waals surface area contributed by atoms with Crippen LogP contribution in [0.5, 0.6) is 0 Å². The van der Waals surface area contributed by atoms with Crippen molar-refractivity contribution in [2.24, 2.45) is 0 Å². The molecule has 0 aromatic rings. The van der Waals surface area contributed by atoms with Crippen LogP contribution in [0.3, 0.4) is 0 Å². The summed E-state index contributed by atoms with van der Waals surface area (Å²) in [7, 11) is -4.60. The summed E-state index contributed by atoms with van der Waals surface area (Å²) >= 11 is 0. The number of carbonyl (C=O) groups is 2. The smallest absolute Gasteiger partial charge is 0.306 e. The van der Waals surface area contributed by atoms with Crippen molar-refractivity contribution < 1.29 is 56.8 Å². The number of allylic oxidation sites excluding steroid dienone is 4. The van der Waals surface area contributed by atoms with Crippen molar-refractivity contribution in [3.05, 3.63) is 24.3 Å². The molecule has 0 aromatic carbocycles. The highest BCUT2D eigenvalue weighted by molar-refractivity contribution is 7.85. The number of esters is 2. The maximum absolute atomic E-state index is 12.8. The van der Waals surface area contributed by atoms with Gasteiger partial charge < -0.3 is 34.3 Å². The molecule has 0 saturated carbocycles. The second-order valence-electron chi connectivity index (χ2n) is 16.1.